The number of hydrogen-bond donors (Lipinski definition) is 1. The number of aromatic nitrogens is 2. The van der Waals surface area contributed by atoms with Crippen LogP contribution in [0.4, 0.5) is 17.6 Å². The van der Waals surface area contributed by atoms with Gasteiger partial charge in [-0.1, -0.05) is 12.1 Å². The van der Waals surface area contributed by atoms with E-state index in [0.717, 1.165) is 4.68 Å². The second-order valence-electron chi connectivity index (χ2n) is 4.56. The van der Waals surface area contributed by atoms with Crippen molar-refractivity contribution >= 4 is 0 Å². The van der Waals surface area contributed by atoms with Crippen LogP contribution in [-0.2, 0) is 19.1 Å². The summed E-state index contributed by atoms with van der Waals surface area (Å²) in [5, 5.41) is 6.49. The van der Waals surface area contributed by atoms with Crippen molar-refractivity contribution in [1.82, 2.24) is 15.1 Å². The molecule has 0 spiro atoms. The zero-order chi connectivity index (χ0) is 14.3. The molecule has 2 aromatic rings. The normalized spacial score (nSPS) is 15.2. The van der Waals surface area contributed by atoms with Crippen LogP contribution < -0.4 is 5.32 Å². The predicted octanol–water partition coefficient (Wildman–Crippen LogP) is 2.68. The van der Waals surface area contributed by atoms with Gasteiger partial charge < -0.3 is 5.32 Å². The molecule has 0 bridgehead atoms. The van der Waals surface area contributed by atoms with Crippen molar-refractivity contribution < 1.29 is 17.6 Å². The third-order valence-corrected chi connectivity index (χ3v) is 3.28. The van der Waals surface area contributed by atoms with Gasteiger partial charge in [0.25, 0.3) is 0 Å². The number of nitrogens with one attached hydrogen (secondary N) is 1. The molecule has 3 nitrogen and oxygen atoms in total. The molecule has 1 aliphatic heterocycles. The largest absolute Gasteiger partial charge is 0.435 e. The van der Waals surface area contributed by atoms with Gasteiger partial charge in [0.15, 0.2) is 5.69 Å². The minimum absolute atomic E-state index is 0.0427. The first kappa shape index (κ1) is 13.1. The Morgan fingerprint density at radius 3 is 2.65 bits per heavy atom. The fourth-order valence-electron chi connectivity index (χ4n) is 2.40. The molecule has 2 heterocycles. The molecule has 0 fully saturated rings. The standard InChI is InChI=1S/C13H11F4N3/c14-9-3-1-2-4-11(9)20-10-5-6-18-7-8(10)12(19-20)13(15,16)17/h1-4,18H,5-7H2. The molecular weight excluding hydrogens is 274 g/mol. The molecule has 3 rings (SSSR count). The van der Waals surface area contributed by atoms with E-state index in [2.05, 4.69) is 10.4 Å². The summed E-state index contributed by atoms with van der Waals surface area (Å²) in [6.07, 6.45) is -4.16. The van der Waals surface area contributed by atoms with E-state index < -0.39 is 17.7 Å². The Morgan fingerprint density at radius 1 is 1.20 bits per heavy atom. The molecule has 1 aliphatic rings. The lowest BCUT2D eigenvalue weighted by atomic mass is 10.1. The van der Waals surface area contributed by atoms with E-state index in [4.69, 9.17) is 0 Å². The first-order valence-electron chi connectivity index (χ1n) is 6.12. The summed E-state index contributed by atoms with van der Waals surface area (Å²) in [4.78, 5) is 0. The van der Waals surface area contributed by atoms with Crippen molar-refractivity contribution in [2.24, 2.45) is 0 Å². The van der Waals surface area contributed by atoms with E-state index in [1.807, 2.05) is 0 Å². The van der Waals surface area contributed by atoms with Gasteiger partial charge in [0.1, 0.15) is 11.5 Å². The highest BCUT2D eigenvalue weighted by Gasteiger charge is 2.39. The zero-order valence-corrected chi connectivity index (χ0v) is 10.3. The lowest BCUT2D eigenvalue weighted by molar-refractivity contribution is -0.142. The number of halogens is 4. The second-order valence-corrected chi connectivity index (χ2v) is 4.56. The Kier molecular flexibility index (Phi) is 3.01. The monoisotopic (exact) mass is 285 g/mol. The van der Waals surface area contributed by atoms with Gasteiger partial charge in [-0.25, -0.2) is 9.07 Å². The van der Waals surface area contributed by atoms with E-state index >= 15 is 0 Å². The number of rotatable bonds is 1. The van der Waals surface area contributed by atoms with Gasteiger partial charge >= 0.3 is 6.18 Å². The molecule has 0 unspecified atom stereocenters. The lowest BCUT2D eigenvalue weighted by Gasteiger charge is -2.16. The number of hydrogen-bond acceptors (Lipinski definition) is 2. The van der Waals surface area contributed by atoms with Gasteiger partial charge in [0.05, 0.1) is 5.69 Å². The summed E-state index contributed by atoms with van der Waals surface area (Å²) in [5.41, 5.74) is -0.378. The first-order valence-corrected chi connectivity index (χ1v) is 6.12. The van der Waals surface area contributed by atoms with Crippen molar-refractivity contribution in [3.8, 4) is 5.69 Å². The average molecular weight is 285 g/mol. The Morgan fingerprint density at radius 2 is 1.95 bits per heavy atom. The SMILES string of the molecule is Fc1ccccc1-n1nc(C(F)(F)F)c2c1CCNC2. The van der Waals surface area contributed by atoms with E-state index in [0.29, 0.717) is 18.7 Å². The van der Waals surface area contributed by atoms with Crippen LogP contribution in [0.15, 0.2) is 24.3 Å². The van der Waals surface area contributed by atoms with Gasteiger partial charge in [-0.2, -0.15) is 18.3 Å². The average Bonchev–Trinajstić information content (AvgIpc) is 2.79. The van der Waals surface area contributed by atoms with E-state index in [-0.39, 0.29) is 17.8 Å². The lowest BCUT2D eigenvalue weighted by Crippen LogP contribution is -2.26. The van der Waals surface area contributed by atoms with Crippen molar-refractivity contribution in [3.05, 3.63) is 47.0 Å². The second kappa shape index (κ2) is 4.59. The van der Waals surface area contributed by atoms with Crippen LogP contribution in [0, 0.1) is 5.82 Å². The number of nitrogens with zero attached hydrogens (tertiary/aromatic N) is 2. The minimum atomic E-state index is -4.54. The van der Waals surface area contributed by atoms with Crippen molar-refractivity contribution in [2.75, 3.05) is 6.54 Å². The minimum Gasteiger partial charge on any atom is -0.312 e. The molecule has 1 N–H and O–H groups in total. The predicted molar refractivity (Wildman–Crippen MR) is 63.9 cm³/mol. The van der Waals surface area contributed by atoms with E-state index in [1.165, 1.54) is 18.2 Å². The maximum Gasteiger partial charge on any atom is 0.435 e. The zero-order valence-electron chi connectivity index (χ0n) is 10.3. The van der Waals surface area contributed by atoms with Gasteiger partial charge in [0.2, 0.25) is 0 Å². The molecule has 0 aliphatic carbocycles. The van der Waals surface area contributed by atoms with Gasteiger partial charge in [-0.15, -0.1) is 0 Å². The molecule has 0 amide bonds. The quantitative estimate of drug-likeness (QED) is 0.816. The number of benzene rings is 1. The third-order valence-electron chi connectivity index (χ3n) is 3.28. The van der Waals surface area contributed by atoms with Crippen molar-refractivity contribution in [3.63, 3.8) is 0 Å². The molecule has 1 aromatic heterocycles. The summed E-state index contributed by atoms with van der Waals surface area (Å²) < 4.78 is 53.9. The van der Waals surface area contributed by atoms with Crippen LogP contribution >= 0.6 is 0 Å². The molecule has 0 saturated heterocycles. The van der Waals surface area contributed by atoms with Crippen LogP contribution in [0.1, 0.15) is 17.0 Å². The van der Waals surface area contributed by atoms with E-state index in [9.17, 15) is 17.6 Å². The Balaban J connectivity index is 2.22. The highest BCUT2D eigenvalue weighted by molar-refractivity contribution is 5.40. The Labute approximate surface area is 112 Å². The summed E-state index contributed by atoms with van der Waals surface area (Å²) in [6.45, 7) is 0.642. The van der Waals surface area contributed by atoms with Crippen LogP contribution in [-0.4, -0.2) is 16.3 Å². The Bertz CT molecular complexity index is 646. The maximum absolute atomic E-state index is 13.8. The topological polar surface area (TPSA) is 29.9 Å². The van der Waals surface area contributed by atoms with Crippen LogP contribution in [0.25, 0.3) is 5.69 Å². The number of fused-ring (bicyclic) bond motifs is 1. The number of para-hydroxylation sites is 1. The summed E-state index contributed by atoms with van der Waals surface area (Å²) >= 11 is 0. The van der Waals surface area contributed by atoms with Crippen LogP contribution in [0.3, 0.4) is 0 Å². The van der Waals surface area contributed by atoms with Crippen LogP contribution in [0.2, 0.25) is 0 Å². The molecule has 1 aromatic carbocycles. The van der Waals surface area contributed by atoms with Gasteiger partial charge in [-0.3, -0.25) is 0 Å². The molecule has 20 heavy (non-hydrogen) atoms. The summed E-state index contributed by atoms with van der Waals surface area (Å²) in [7, 11) is 0. The smallest absolute Gasteiger partial charge is 0.312 e. The fourth-order valence-corrected chi connectivity index (χ4v) is 2.40. The highest BCUT2D eigenvalue weighted by Crippen LogP contribution is 2.34. The van der Waals surface area contributed by atoms with Crippen LogP contribution in [0.5, 0.6) is 0 Å². The fraction of sp³-hybridized carbons (Fsp3) is 0.308. The highest BCUT2D eigenvalue weighted by atomic mass is 19.4. The summed E-state index contributed by atoms with van der Waals surface area (Å²) in [5.74, 6) is -0.593. The van der Waals surface area contributed by atoms with Crippen molar-refractivity contribution in [1.29, 1.82) is 0 Å². The Hall–Kier alpha value is -1.89. The van der Waals surface area contributed by atoms with E-state index in [1.54, 1.807) is 6.07 Å². The molecule has 106 valence electrons. The third kappa shape index (κ3) is 2.07. The van der Waals surface area contributed by atoms with Gasteiger partial charge in [-0.05, 0) is 12.1 Å². The number of alkyl halides is 3. The van der Waals surface area contributed by atoms with Crippen molar-refractivity contribution in [2.45, 2.75) is 19.1 Å². The molecule has 0 radical (unpaired) electrons. The summed E-state index contributed by atoms with van der Waals surface area (Å²) in [6, 6.07) is 5.68. The molecular formula is C13H11F4N3. The molecule has 0 atom stereocenters. The maximum atomic E-state index is 13.8. The first-order chi connectivity index (χ1) is 9.48. The van der Waals surface area contributed by atoms with Gasteiger partial charge in [0, 0.05) is 25.1 Å². The molecule has 7 heteroatoms. The molecule has 0 saturated carbocycles.